The van der Waals surface area contributed by atoms with Gasteiger partial charge in [0.25, 0.3) is 5.43 Å². The fraction of sp³-hybridized carbons (Fsp3) is 0.154. The zero-order valence-electron chi connectivity index (χ0n) is 10.6. The van der Waals surface area contributed by atoms with Crippen LogP contribution in [0.2, 0.25) is 0 Å². The molecule has 1 aromatic heterocycles. The lowest BCUT2D eigenvalue weighted by atomic mass is 10.1. The number of rotatable bonds is 4. The molecule has 0 saturated carbocycles. The molecule has 0 bridgehead atoms. The van der Waals surface area contributed by atoms with Gasteiger partial charge in [-0.3, -0.25) is 14.9 Å². The van der Waals surface area contributed by atoms with Crippen molar-refractivity contribution in [2.24, 2.45) is 0 Å². The van der Waals surface area contributed by atoms with Crippen LogP contribution in [0.1, 0.15) is 18.5 Å². The molecule has 1 aromatic carbocycles. The molecule has 1 atom stereocenters. The molecule has 1 heterocycles. The summed E-state index contributed by atoms with van der Waals surface area (Å²) in [6.07, 6.45) is 1.38. The van der Waals surface area contributed by atoms with E-state index >= 15 is 0 Å². The third kappa shape index (κ3) is 3.05. The van der Waals surface area contributed by atoms with Gasteiger partial charge in [-0.25, -0.2) is 0 Å². The summed E-state index contributed by atoms with van der Waals surface area (Å²) >= 11 is 3.34. The lowest BCUT2D eigenvalue weighted by Gasteiger charge is -2.15. The molecule has 20 heavy (non-hydrogen) atoms. The van der Waals surface area contributed by atoms with Crippen LogP contribution in [0.15, 0.2) is 45.8 Å². The van der Waals surface area contributed by atoms with E-state index in [9.17, 15) is 14.9 Å². The van der Waals surface area contributed by atoms with Gasteiger partial charge in [0.2, 0.25) is 0 Å². The number of halogens is 1. The minimum Gasteiger partial charge on any atom is -0.359 e. The molecular weight excluding hydrogens is 326 g/mol. The summed E-state index contributed by atoms with van der Waals surface area (Å²) < 4.78 is 0.951. The average molecular weight is 338 g/mol. The van der Waals surface area contributed by atoms with E-state index in [1.165, 1.54) is 6.20 Å². The van der Waals surface area contributed by atoms with Crippen molar-refractivity contribution in [3.05, 3.63) is 66.9 Å². The van der Waals surface area contributed by atoms with Gasteiger partial charge < -0.3 is 10.3 Å². The van der Waals surface area contributed by atoms with Crippen molar-refractivity contribution in [2.45, 2.75) is 13.0 Å². The lowest BCUT2D eigenvalue weighted by molar-refractivity contribution is -0.385. The van der Waals surface area contributed by atoms with Gasteiger partial charge in [-0.1, -0.05) is 28.1 Å². The quantitative estimate of drug-likeness (QED) is 0.662. The van der Waals surface area contributed by atoms with E-state index in [4.69, 9.17) is 0 Å². The van der Waals surface area contributed by atoms with Gasteiger partial charge in [0, 0.05) is 16.7 Å². The highest BCUT2D eigenvalue weighted by Gasteiger charge is 2.20. The van der Waals surface area contributed by atoms with Crippen molar-refractivity contribution in [1.29, 1.82) is 0 Å². The largest absolute Gasteiger partial charge is 0.359 e. The Morgan fingerprint density at radius 1 is 1.30 bits per heavy atom. The maximum absolute atomic E-state index is 11.5. The van der Waals surface area contributed by atoms with Crippen molar-refractivity contribution in [3.63, 3.8) is 0 Å². The maximum atomic E-state index is 11.5. The van der Waals surface area contributed by atoms with Gasteiger partial charge in [0.15, 0.2) is 5.82 Å². The number of aromatic nitrogens is 1. The predicted molar refractivity (Wildman–Crippen MR) is 79.9 cm³/mol. The van der Waals surface area contributed by atoms with Gasteiger partial charge in [-0.15, -0.1) is 0 Å². The highest BCUT2D eigenvalue weighted by Crippen LogP contribution is 2.23. The van der Waals surface area contributed by atoms with Crippen molar-refractivity contribution < 1.29 is 4.92 Å². The van der Waals surface area contributed by atoms with Crippen LogP contribution in [0.4, 0.5) is 11.5 Å². The number of pyridine rings is 1. The number of hydrogen-bond donors (Lipinski definition) is 2. The topological polar surface area (TPSA) is 88.0 Å². The van der Waals surface area contributed by atoms with Crippen LogP contribution in [0.5, 0.6) is 0 Å². The molecule has 0 aliphatic rings. The molecule has 2 aromatic rings. The normalized spacial score (nSPS) is 11.9. The first-order valence-corrected chi connectivity index (χ1v) is 6.66. The van der Waals surface area contributed by atoms with E-state index < -0.39 is 16.0 Å². The molecule has 2 N–H and O–H groups in total. The van der Waals surface area contributed by atoms with Crippen molar-refractivity contribution in [3.8, 4) is 0 Å². The summed E-state index contributed by atoms with van der Waals surface area (Å²) in [5.41, 5.74) is -0.150. The Hall–Kier alpha value is -2.15. The summed E-state index contributed by atoms with van der Waals surface area (Å²) in [4.78, 5) is 24.5. The summed E-state index contributed by atoms with van der Waals surface area (Å²) in [6, 6.07) is 8.52. The fourth-order valence-corrected chi connectivity index (χ4v) is 2.08. The Bertz CT molecular complexity index is 682. The van der Waals surface area contributed by atoms with Crippen LogP contribution in [-0.2, 0) is 0 Å². The maximum Gasteiger partial charge on any atom is 0.356 e. The van der Waals surface area contributed by atoms with Crippen LogP contribution in [0, 0.1) is 10.1 Å². The zero-order chi connectivity index (χ0) is 14.7. The number of H-pyrrole nitrogens is 1. The third-order valence-corrected chi connectivity index (χ3v) is 3.37. The number of nitrogens with zero attached hydrogens (tertiary/aromatic N) is 1. The number of nitrogens with one attached hydrogen (secondary N) is 2. The first-order valence-electron chi connectivity index (χ1n) is 5.87. The first kappa shape index (κ1) is 14.3. The molecule has 7 heteroatoms. The second kappa shape index (κ2) is 5.87. The van der Waals surface area contributed by atoms with Crippen LogP contribution in [0.25, 0.3) is 0 Å². The lowest BCUT2D eigenvalue weighted by Crippen LogP contribution is -2.15. The highest BCUT2D eigenvalue weighted by molar-refractivity contribution is 9.10. The number of hydrogen-bond acceptors (Lipinski definition) is 4. The molecule has 0 aliphatic heterocycles. The second-order valence-corrected chi connectivity index (χ2v) is 5.16. The smallest absolute Gasteiger partial charge is 0.356 e. The number of aromatic amines is 1. The molecule has 2 rings (SSSR count). The standard InChI is InChI=1S/C13H12BrN3O3/c1-8(9-2-4-10(14)5-3-9)16-13-12(17(19)20)11(18)6-7-15-13/h2-8H,1H3,(H2,15,16,18)/t8-/m1/s1. The van der Waals surface area contributed by atoms with Crippen molar-refractivity contribution in [2.75, 3.05) is 5.32 Å². The van der Waals surface area contributed by atoms with E-state index in [1.807, 2.05) is 31.2 Å². The molecule has 0 saturated heterocycles. The van der Waals surface area contributed by atoms with Crippen LogP contribution < -0.4 is 10.7 Å². The Labute approximate surface area is 123 Å². The molecule has 0 spiro atoms. The third-order valence-electron chi connectivity index (χ3n) is 2.85. The zero-order valence-corrected chi connectivity index (χ0v) is 12.2. The summed E-state index contributed by atoms with van der Waals surface area (Å²) in [6.45, 7) is 1.86. The van der Waals surface area contributed by atoms with Crippen LogP contribution in [-0.4, -0.2) is 9.91 Å². The first-order chi connectivity index (χ1) is 9.49. The SMILES string of the molecule is C[C@@H](Nc1[nH]ccc(=O)c1[N+](=O)[O-])c1ccc(Br)cc1. The monoisotopic (exact) mass is 337 g/mol. The van der Waals surface area contributed by atoms with Crippen LogP contribution >= 0.6 is 15.9 Å². The molecule has 0 radical (unpaired) electrons. The molecule has 0 fully saturated rings. The van der Waals surface area contributed by atoms with Gasteiger partial charge in [0.1, 0.15) is 0 Å². The Kier molecular flexibility index (Phi) is 4.19. The molecule has 0 aliphatic carbocycles. The summed E-state index contributed by atoms with van der Waals surface area (Å²) in [5.74, 6) is 0.109. The minimum atomic E-state index is -0.685. The predicted octanol–water partition coefficient (Wildman–Crippen LogP) is 3.22. The van der Waals surface area contributed by atoms with Gasteiger partial charge in [0.05, 0.1) is 11.0 Å². The number of anilines is 1. The molecule has 0 amide bonds. The summed E-state index contributed by atoms with van der Waals surface area (Å²) in [7, 11) is 0. The number of benzene rings is 1. The van der Waals surface area contributed by atoms with Crippen molar-refractivity contribution in [1.82, 2.24) is 4.98 Å². The Morgan fingerprint density at radius 3 is 2.55 bits per heavy atom. The van der Waals surface area contributed by atoms with E-state index in [2.05, 4.69) is 26.2 Å². The van der Waals surface area contributed by atoms with Gasteiger partial charge in [-0.2, -0.15) is 0 Å². The Balaban J connectivity index is 2.30. The van der Waals surface area contributed by atoms with Gasteiger partial charge >= 0.3 is 5.69 Å². The van der Waals surface area contributed by atoms with Gasteiger partial charge in [-0.05, 0) is 24.6 Å². The minimum absolute atomic E-state index is 0.109. The van der Waals surface area contributed by atoms with Crippen molar-refractivity contribution >= 4 is 27.4 Å². The summed E-state index contributed by atoms with van der Waals surface area (Å²) in [5, 5.41) is 13.9. The average Bonchev–Trinajstić information content (AvgIpc) is 2.39. The van der Waals surface area contributed by atoms with E-state index in [0.717, 1.165) is 16.1 Å². The number of nitro groups is 1. The molecule has 104 valence electrons. The van der Waals surface area contributed by atoms with E-state index in [1.54, 1.807) is 0 Å². The fourth-order valence-electron chi connectivity index (χ4n) is 1.81. The Morgan fingerprint density at radius 2 is 1.95 bits per heavy atom. The second-order valence-electron chi connectivity index (χ2n) is 4.24. The molecule has 0 unspecified atom stereocenters. The molecular formula is C13H12BrN3O3. The van der Waals surface area contributed by atoms with E-state index in [0.29, 0.717) is 0 Å². The highest BCUT2D eigenvalue weighted by atomic mass is 79.9. The molecule has 6 nitrogen and oxygen atoms in total. The van der Waals surface area contributed by atoms with E-state index in [-0.39, 0.29) is 11.9 Å². The van der Waals surface area contributed by atoms with Crippen LogP contribution in [0.3, 0.4) is 0 Å².